The van der Waals surface area contributed by atoms with Gasteiger partial charge in [0.05, 0.1) is 0 Å². The zero-order valence-corrected chi connectivity index (χ0v) is 10.3. The predicted octanol–water partition coefficient (Wildman–Crippen LogP) is 1.45. The monoisotopic (exact) mass is 261 g/mol. The highest BCUT2D eigenvalue weighted by Gasteiger charge is 2.29. The van der Waals surface area contributed by atoms with Crippen LogP contribution in [0, 0.1) is 0 Å². The van der Waals surface area contributed by atoms with E-state index < -0.39 is 20.3 Å². The maximum atomic E-state index is 11.7. The summed E-state index contributed by atoms with van der Waals surface area (Å²) in [4.78, 5) is 11.7. The van der Waals surface area contributed by atoms with Gasteiger partial charge in [-0.3, -0.25) is 4.79 Å². The van der Waals surface area contributed by atoms with Crippen LogP contribution < -0.4 is 5.73 Å². The molecule has 0 aliphatic rings. The number of anilines is 1. The SMILES string of the molecule is CCS(=O)(=O)[C@@H](Cl)C(=O)c1cccc(N)c1. The lowest BCUT2D eigenvalue weighted by Gasteiger charge is -2.08. The molecular weight excluding hydrogens is 250 g/mol. The molecule has 0 saturated heterocycles. The van der Waals surface area contributed by atoms with Gasteiger partial charge in [-0.25, -0.2) is 8.42 Å². The molecule has 1 aromatic rings. The average molecular weight is 262 g/mol. The quantitative estimate of drug-likeness (QED) is 0.506. The van der Waals surface area contributed by atoms with Crippen LogP contribution >= 0.6 is 11.6 Å². The summed E-state index contributed by atoms with van der Waals surface area (Å²) in [5.41, 5.74) is 6.09. The topological polar surface area (TPSA) is 77.2 Å². The molecule has 0 fully saturated rings. The van der Waals surface area contributed by atoms with Crippen molar-refractivity contribution >= 4 is 32.9 Å². The Kier molecular flexibility index (Phi) is 3.93. The summed E-state index contributed by atoms with van der Waals surface area (Å²) in [7, 11) is -3.58. The van der Waals surface area contributed by atoms with Crippen LogP contribution in [0.5, 0.6) is 0 Å². The van der Waals surface area contributed by atoms with E-state index in [2.05, 4.69) is 0 Å². The van der Waals surface area contributed by atoms with Gasteiger partial charge in [-0.05, 0) is 12.1 Å². The van der Waals surface area contributed by atoms with Gasteiger partial charge >= 0.3 is 0 Å². The third kappa shape index (κ3) is 2.74. The maximum absolute atomic E-state index is 11.7. The molecule has 1 atom stereocenters. The van der Waals surface area contributed by atoms with Crippen molar-refractivity contribution in [3.63, 3.8) is 0 Å². The van der Waals surface area contributed by atoms with Crippen LogP contribution in [0.25, 0.3) is 0 Å². The number of ketones is 1. The first-order valence-electron chi connectivity index (χ1n) is 4.64. The summed E-state index contributed by atoms with van der Waals surface area (Å²) < 4.78 is 21.3. The van der Waals surface area contributed by atoms with Crippen LogP contribution in [0.4, 0.5) is 5.69 Å². The van der Waals surface area contributed by atoms with Gasteiger partial charge in [0.1, 0.15) is 0 Å². The Morgan fingerprint density at radius 2 is 2.12 bits per heavy atom. The molecule has 0 unspecified atom stereocenters. The number of nitrogen functional groups attached to an aromatic ring is 1. The third-order valence-corrected chi connectivity index (χ3v) is 4.76. The molecule has 0 amide bonds. The van der Waals surface area contributed by atoms with Crippen molar-refractivity contribution in [1.29, 1.82) is 0 Å². The Hall–Kier alpha value is -1.07. The van der Waals surface area contributed by atoms with E-state index in [-0.39, 0.29) is 11.3 Å². The lowest BCUT2D eigenvalue weighted by Crippen LogP contribution is -2.26. The molecule has 0 aliphatic carbocycles. The number of carbonyl (C=O) groups is 1. The number of benzene rings is 1. The van der Waals surface area contributed by atoms with Gasteiger partial charge in [-0.1, -0.05) is 30.7 Å². The Morgan fingerprint density at radius 3 is 2.62 bits per heavy atom. The lowest BCUT2D eigenvalue weighted by atomic mass is 10.1. The Balaban J connectivity index is 3.04. The van der Waals surface area contributed by atoms with Crippen molar-refractivity contribution in [2.24, 2.45) is 0 Å². The minimum absolute atomic E-state index is 0.171. The van der Waals surface area contributed by atoms with Crippen LogP contribution in [-0.2, 0) is 9.84 Å². The summed E-state index contributed by atoms with van der Waals surface area (Å²) in [5, 5.41) is 0. The molecule has 0 heterocycles. The summed E-state index contributed by atoms with van der Waals surface area (Å²) in [6, 6.07) is 6.07. The molecular formula is C10H12ClNO3S. The number of rotatable bonds is 4. The van der Waals surface area contributed by atoms with E-state index in [0.717, 1.165) is 0 Å². The van der Waals surface area contributed by atoms with Gasteiger partial charge in [0.15, 0.2) is 20.3 Å². The first-order chi connectivity index (χ1) is 7.38. The highest BCUT2D eigenvalue weighted by atomic mass is 35.5. The second kappa shape index (κ2) is 4.84. The smallest absolute Gasteiger partial charge is 0.197 e. The number of halogens is 1. The zero-order valence-electron chi connectivity index (χ0n) is 8.68. The number of sulfone groups is 1. The van der Waals surface area contributed by atoms with E-state index in [4.69, 9.17) is 17.3 Å². The van der Waals surface area contributed by atoms with Gasteiger partial charge < -0.3 is 5.73 Å². The van der Waals surface area contributed by atoms with Gasteiger partial charge in [0.2, 0.25) is 0 Å². The van der Waals surface area contributed by atoms with Crippen LogP contribution in [0.3, 0.4) is 0 Å². The van der Waals surface area contributed by atoms with Crippen molar-refractivity contribution in [3.05, 3.63) is 29.8 Å². The summed E-state index contributed by atoms with van der Waals surface area (Å²) in [6.45, 7) is 1.44. The predicted molar refractivity (Wildman–Crippen MR) is 64.3 cm³/mol. The Morgan fingerprint density at radius 1 is 1.50 bits per heavy atom. The first-order valence-corrected chi connectivity index (χ1v) is 6.79. The van der Waals surface area contributed by atoms with Crippen molar-refractivity contribution in [2.45, 2.75) is 11.6 Å². The van der Waals surface area contributed by atoms with Gasteiger partial charge in [-0.15, -0.1) is 0 Å². The molecule has 0 aliphatic heterocycles. The molecule has 1 rings (SSSR count). The van der Waals surface area contributed by atoms with Gasteiger partial charge in [-0.2, -0.15) is 0 Å². The van der Waals surface area contributed by atoms with Gasteiger partial charge in [0, 0.05) is 17.0 Å². The minimum atomic E-state index is -3.58. The lowest BCUT2D eigenvalue weighted by molar-refractivity contribution is 0.101. The average Bonchev–Trinajstić information content (AvgIpc) is 2.27. The second-order valence-electron chi connectivity index (χ2n) is 3.26. The second-order valence-corrected chi connectivity index (χ2v) is 6.33. The highest BCUT2D eigenvalue weighted by Crippen LogP contribution is 2.16. The van der Waals surface area contributed by atoms with Crippen LogP contribution in [0.1, 0.15) is 17.3 Å². The number of nitrogens with two attached hydrogens (primary N) is 1. The Labute approximate surface area is 99.3 Å². The van der Waals surface area contributed by atoms with E-state index in [1.54, 1.807) is 12.1 Å². The Bertz CT molecular complexity index is 499. The molecule has 1 aromatic carbocycles. The number of carbonyl (C=O) groups excluding carboxylic acids is 1. The molecule has 0 saturated carbocycles. The molecule has 0 aromatic heterocycles. The van der Waals surface area contributed by atoms with Crippen molar-refractivity contribution in [3.8, 4) is 0 Å². The molecule has 16 heavy (non-hydrogen) atoms. The van der Waals surface area contributed by atoms with E-state index in [9.17, 15) is 13.2 Å². The van der Waals surface area contributed by atoms with Crippen molar-refractivity contribution < 1.29 is 13.2 Å². The molecule has 6 heteroatoms. The maximum Gasteiger partial charge on any atom is 0.197 e. The van der Waals surface area contributed by atoms with E-state index in [0.29, 0.717) is 5.69 Å². The van der Waals surface area contributed by atoms with Crippen molar-refractivity contribution in [2.75, 3.05) is 11.5 Å². The van der Waals surface area contributed by atoms with E-state index in [1.165, 1.54) is 19.1 Å². The fourth-order valence-electron chi connectivity index (χ4n) is 1.13. The van der Waals surface area contributed by atoms with Gasteiger partial charge in [0.25, 0.3) is 0 Å². The van der Waals surface area contributed by atoms with Crippen LogP contribution in [0.15, 0.2) is 24.3 Å². The zero-order chi connectivity index (χ0) is 12.3. The fraction of sp³-hybridized carbons (Fsp3) is 0.300. The normalized spacial score (nSPS) is 13.4. The molecule has 4 nitrogen and oxygen atoms in total. The molecule has 88 valence electrons. The van der Waals surface area contributed by atoms with Crippen molar-refractivity contribution in [1.82, 2.24) is 0 Å². The number of hydrogen-bond acceptors (Lipinski definition) is 4. The fourth-order valence-corrected chi connectivity index (χ4v) is 2.39. The molecule has 0 radical (unpaired) electrons. The largest absolute Gasteiger partial charge is 0.399 e. The third-order valence-electron chi connectivity index (χ3n) is 2.09. The first kappa shape index (κ1) is 13.0. The summed E-state index contributed by atoms with van der Waals surface area (Å²) in [6.07, 6.45) is 0. The summed E-state index contributed by atoms with van der Waals surface area (Å²) in [5.74, 6) is -0.814. The standard InChI is InChI=1S/C10H12ClNO3S/c1-2-16(14,15)10(11)9(13)7-4-3-5-8(12)6-7/h3-6,10H,2,12H2,1H3/t10-/m1/s1. The molecule has 0 bridgehead atoms. The molecule has 0 spiro atoms. The van der Waals surface area contributed by atoms with Crippen LogP contribution in [0.2, 0.25) is 0 Å². The van der Waals surface area contributed by atoms with Crippen LogP contribution in [-0.4, -0.2) is 24.7 Å². The minimum Gasteiger partial charge on any atom is -0.399 e. The highest BCUT2D eigenvalue weighted by molar-refractivity contribution is 7.94. The number of alkyl halides is 1. The summed E-state index contributed by atoms with van der Waals surface area (Å²) >= 11 is 5.63. The number of hydrogen-bond donors (Lipinski definition) is 1. The molecule has 2 N–H and O–H groups in total. The number of Topliss-reactive ketones (excluding diaryl/α,β-unsaturated/α-hetero) is 1. The van der Waals surface area contributed by atoms with E-state index in [1.807, 2.05) is 0 Å². The van der Waals surface area contributed by atoms with E-state index >= 15 is 0 Å².